The summed E-state index contributed by atoms with van der Waals surface area (Å²) in [6, 6.07) is 3.56. The summed E-state index contributed by atoms with van der Waals surface area (Å²) in [7, 11) is 1.49. The van der Waals surface area contributed by atoms with Crippen molar-refractivity contribution in [3.8, 4) is 5.75 Å². The monoisotopic (exact) mass is 272 g/mol. The molecule has 0 aliphatic carbocycles. The zero-order chi connectivity index (χ0) is 11.4. The van der Waals surface area contributed by atoms with Crippen molar-refractivity contribution >= 4 is 21.6 Å². The summed E-state index contributed by atoms with van der Waals surface area (Å²) >= 11 is 3.26. The van der Waals surface area contributed by atoms with Gasteiger partial charge in [-0.2, -0.15) is 0 Å². The Bertz CT molecular complexity index is 391. The second-order valence-electron chi connectivity index (χ2n) is 3.03. The Morgan fingerprint density at radius 2 is 2.27 bits per heavy atom. The SMILES string of the molecule is CON=C(C)c1cc(Br)c(O)c(CN)c1. The van der Waals surface area contributed by atoms with E-state index in [1.54, 1.807) is 12.1 Å². The highest BCUT2D eigenvalue weighted by atomic mass is 79.9. The van der Waals surface area contributed by atoms with Crippen molar-refractivity contribution in [1.82, 2.24) is 0 Å². The minimum absolute atomic E-state index is 0.173. The number of hydrogen-bond acceptors (Lipinski definition) is 4. The molecule has 0 saturated carbocycles. The maximum atomic E-state index is 9.64. The summed E-state index contributed by atoms with van der Waals surface area (Å²) in [5, 5.41) is 13.5. The van der Waals surface area contributed by atoms with Crippen molar-refractivity contribution in [2.24, 2.45) is 10.9 Å². The molecule has 0 spiro atoms. The van der Waals surface area contributed by atoms with E-state index in [0.717, 1.165) is 11.3 Å². The first-order valence-electron chi connectivity index (χ1n) is 4.39. The Morgan fingerprint density at radius 3 is 2.80 bits per heavy atom. The lowest BCUT2D eigenvalue weighted by atomic mass is 10.1. The van der Waals surface area contributed by atoms with Gasteiger partial charge in [-0.25, -0.2) is 0 Å². The third-order valence-electron chi connectivity index (χ3n) is 2.01. The number of oxime groups is 1. The number of phenolic OH excluding ortho intramolecular Hbond substituents is 1. The van der Waals surface area contributed by atoms with Crippen LogP contribution in [0.3, 0.4) is 0 Å². The lowest BCUT2D eigenvalue weighted by molar-refractivity contribution is 0.213. The van der Waals surface area contributed by atoms with E-state index >= 15 is 0 Å². The highest BCUT2D eigenvalue weighted by molar-refractivity contribution is 9.10. The first kappa shape index (κ1) is 12.0. The molecule has 1 aromatic rings. The van der Waals surface area contributed by atoms with Crippen molar-refractivity contribution < 1.29 is 9.94 Å². The van der Waals surface area contributed by atoms with Crippen molar-refractivity contribution in [3.63, 3.8) is 0 Å². The molecule has 4 nitrogen and oxygen atoms in total. The predicted molar refractivity (Wildman–Crippen MR) is 62.9 cm³/mol. The number of aromatic hydroxyl groups is 1. The second-order valence-corrected chi connectivity index (χ2v) is 3.88. The normalized spacial score (nSPS) is 11.6. The van der Waals surface area contributed by atoms with E-state index in [0.29, 0.717) is 10.0 Å². The summed E-state index contributed by atoms with van der Waals surface area (Å²) in [6.45, 7) is 2.10. The van der Waals surface area contributed by atoms with Gasteiger partial charge in [0.15, 0.2) is 0 Å². The Hall–Kier alpha value is -1.07. The van der Waals surface area contributed by atoms with Gasteiger partial charge >= 0.3 is 0 Å². The minimum Gasteiger partial charge on any atom is -0.506 e. The smallest absolute Gasteiger partial charge is 0.134 e. The molecule has 0 unspecified atom stereocenters. The summed E-state index contributed by atoms with van der Waals surface area (Å²) in [5.74, 6) is 0.173. The van der Waals surface area contributed by atoms with Crippen molar-refractivity contribution in [3.05, 3.63) is 27.7 Å². The van der Waals surface area contributed by atoms with Crippen LogP contribution in [0.25, 0.3) is 0 Å². The van der Waals surface area contributed by atoms with Gasteiger partial charge in [0, 0.05) is 17.7 Å². The van der Waals surface area contributed by atoms with E-state index in [4.69, 9.17) is 5.73 Å². The summed E-state index contributed by atoms with van der Waals surface area (Å²) in [6.07, 6.45) is 0. The van der Waals surface area contributed by atoms with E-state index in [-0.39, 0.29) is 12.3 Å². The molecule has 0 aliphatic heterocycles. The van der Waals surface area contributed by atoms with Gasteiger partial charge in [0.1, 0.15) is 12.9 Å². The molecule has 0 aliphatic rings. The zero-order valence-electron chi connectivity index (χ0n) is 8.62. The molecule has 0 heterocycles. The molecule has 82 valence electrons. The third-order valence-corrected chi connectivity index (χ3v) is 2.61. The number of phenols is 1. The fourth-order valence-electron chi connectivity index (χ4n) is 1.21. The predicted octanol–water partition coefficient (Wildman–Crippen LogP) is 1.98. The van der Waals surface area contributed by atoms with Crippen molar-refractivity contribution in [1.29, 1.82) is 0 Å². The van der Waals surface area contributed by atoms with Crippen LogP contribution in [-0.4, -0.2) is 17.9 Å². The van der Waals surface area contributed by atoms with E-state index in [1.807, 2.05) is 6.92 Å². The van der Waals surface area contributed by atoms with Gasteiger partial charge < -0.3 is 15.7 Å². The molecule has 1 aromatic carbocycles. The number of benzene rings is 1. The Labute approximate surface area is 96.9 Å². The van der Waals surface area contributed by atoms with Crippen LogP contribution in [0.2, 0.25) is 0 Å². The summed E-state index contributed by atoms with van der Waals surface area (Å²) < 4.78 is 0.603. The molecule has 5 heteroatoms. The van der Waals surface area contributed by atoms with Gasteiger partial charge in [0.2, 0.25) is 0 Å². The first-order valence-corrected chi connectivity index (χ1v) is 5.19. The van der Waals surface area contributed by atoms with Gasteiger partial charge in [0.05, 0.1) is 10.2 Å². The van der Waals surface area contributed by atoms with Crippen molar-refractivity contribution in [2.45, 2.75) is 13.5 Å². The van der Waals surface area contributed by atoms with Gasteiger partial charge in [-0.15, -0.1) is 0 Å². The molecule has 1 rings (SSSR count). The molecule has 0 bridgehead atoms. The molecule has 0 saturated heterocycles. The number of rotatable bonds is 3. The van der Waals surface area contributed by atoms with Gasteiger partial charge in [-0.05, 0) is 35.0 Å². The third kappa shape index (κ3) is 2.70. The van der Waals surface area contributed by atoms with Crippen LogP contribution in [0, 0.1) is 0 Å². The van der Waals surface area contributed by atoms with E-state index in [2.05, 4.69) is 25.9 Å². The fourth-order valence-corrected chi connectivity index (χ4v) is 1.71. The molecule has 15 heavy (non-hydrogen) atoms. The first-order chi connectivity index (χ1) is 7.10. The highest BCUT2D eigenvalue weighted by Gasteiger charge is 2.08. The Morgan fingerprint density at radius 1 is 1.60 bits per heavy atom. The van der Waals surface area contributed by atoms with Crippen molar-refractivity contribution in [2.75, 3.05) is 7.11 Å². The summed E-state index contributed by atoms with van der Waals surface area (Å²) in [5.41, 5.74) is 7.77. The quantitative estimate of drug-likeness (QED) is 0.653. The average molecular weight is 273 g/mol. The lowest BCUT2D eigenvalue weighted by Crippen LogP contribution is -2.02. The van der Waals surface area contributed by atoms with Crippen LogP contribution in [0.5, 0.6) is 5.75 Å². The topological polar surface area (TPSA) is 67.8 Å². The Kier molecular flexibility index (Phi) is 4.11. The maximum absolute atomic E-state index is 9.64. The average Bonchev–Trinajstić information content (AvgIpc) is 2.22. The van der Waals surface area contributed by atoms with E-state index < -0.39 is 0 Å². The maximum Gasteiger partial charge on any atom is 0.134 e. The van der Waals surface area contributed by atoms with Gasteiger partial charge in [0.25, 0.3) is 0 Å². The van der Waals surface area contributed by atoms with Crippen LogP contribution < -0.4 is 5.73 Å². The fraction of sp³-hybridized carbons (Fsp3) is 0.300. The number of hydrogen-bond donors (Lipinski definition) is 2. The number of nitrogens with two attached hydrogens (primary N) is 1. The molecular formula is C10H13BrN2O2. The molecular weight excluding hydrogens is 260 g/mol. The molecule has 0 fully saturated rings. The van der Waals surface area contributed by atoms with Crippen LogP contribution in [0.15, 0.2) is 21.8 Å². The van der Waals surface area contributed by atoms with E-state index in [9.17, 15) is 5.11 Å². The largest absolute Gasteiger partial charge is 0.506 e. The van der Waals surface area contributed by atoms with Crippen LogP contribution >= 0.6 is 15.9 Å². The van der Waals surface area contributed by atoms with Crippen LogP contribution in [-0.2, 0) is 11.4 Å². The zero-order valence-corrected chi connectivity index (χ0v) is 10.2. The van der Waals surface area contributed by atoms with Crippen LogP contribution in [0.4, 0.5) is 0 Å². The molecule has 0 atom stereocenters. The standard InChI is InChI=1S/C10H13BrN2O2/c1-6(13-15-2)7-3-8(5-12)10(14)9(11)4-7/h3-4,14H,5,12H2,1-2H3. The van der Waals surface area contributed by atoms with Crippen LogP contribution in [0.1, 0.15) is 18.1 Å². The van der Waals surface area contributed by atoms with Gasteiger partial charge in [-0.1, -0.05) is 5.16 Å². The number of halogens is 1. The minimum atomic E-state index is 0.173. The van der Waals surface area contributed by atoms with E-state index in [1.165, 1.54) is 7.11 Å². The molecule has 0 aromatic heterocycles. The lowest BCUT2D eigenvalue weighted by Gasteiger charge is -2.07. The molecule has 0 amide bonds. The Balaban J connectivity index is 3.22. The molecule has 0 radical (unpaired) electrons. The molecule has 3 N–H and O–H groups in total. The second kappa shape index (κ2) is 5.14. The highest BCUT2D eigenvalue weighted by Crippen LogP contribution is 2.29. The summed E-state index contributed by atoms with van der Waals surface area (Å²) in [4.78, 5) is 4.68. The number of nitrogens with zero attached hydrogens (tertiary/aromatic N) is 1. The van der Waals surface area contributed by atoms with Gasteiger partial charge in [-0.3, -0.25) is 0 Å².